The lowest BCUT2D eigenvalue weighted by Gasteiger charge is -2.20. The van der Waals surface area contributed by atoms with Crippen molar-refractivity contribution >= 4 is 17.8 Å². The first-order chi connectivity index (χ1) is 10.0. The van der Waals surface area contributed by atoms with E-state index in [-0.39, 0.29) is 18.5 Å². The molecular formula is C15H17N3O3. The van der Waals surface area contributed by atoms with Crippen molar-refractivity contribution in [2.45, 2.75) is 37.8 Å². The Morgan fingerprint density at radius 3 is 2.38 bits per heavy atom. The Labute approximate surface area is 122 Å². The summed E-state index contributed by atoms with van der Waals surface area (Å²) in [6, 6.07) is 6.28. The predicted molar refractivity (Wildman–Crippen MR) is 75.2 cm³/mol. The van der Waals surface area contributed by atoms with Crippen LogP contribution < -0.4 is 11.1 Å². The van der Waals surface area contributed by atoms with Crippen LogP contribution in [-0.2, 0) is 11.3 Å². The summed E-state index contributed by atoms with van der Waals surface area (Å²) in [6.07, 6.45) is 3.36. The third-order valence-electron chi connectivity index (χ3n) is 4.28. The van der Waals surface area contributed by atoms with Crippen LogP contribution in [0, 0.1) is 0 Å². The highest BCUT2D eigenvalue weighted by Gasteiger charge is 2.52. The van der Waals surface area contributed by atoms with E-state index in [1.165, 1.54) is 4.90 Å². The number of amides is 4. The maximum Gasteiger partial charge on any atom is 0.325 e. The minimum Gasteiger partial charge on any atom is -0.366 e. The highest BCUT2D eigenvalue weighted by atomic mass is 16.2. The van der Waals surface area contributed by atoms with Gasteiger partial charge in [0.25, 0.3) is 5.91 Å². The molecule has 6 nitrogen and oxygen atoms in total. The van der Waals surface area contributed by atoms with Gasteiger partial charge in [0.1, 0.15) is 5.54 Å². The molecule has 0 unspecified atom stereocenters. The summed E-state index contributed by atoms with van der Waals surface area (Å²) in [6.45, 7) is 0.214. The second kappa shape index (κ2) is 4.87. The van der Waals surface area contributed by atoms with Crippen molar-refractivity contribution in [3.8, 4) is 0 Å². The number of primary amides is 1. The monoisotopic (exact) mass is 287 g/mol. The smallest absolute Gasteiger partial charge is 0.325 e. The second-order valence-electron chi connectivity index (χ2n) is 5.67. The molecule has 1 saturated carbocycles. The van der Waals surface area contributed by atoms with Crippen LogP contribution >= 0.6 is 0 Å². The first kappa shape index (κ1) is 13.6. The van der Waals surface area contributed by atoms with E-state index in [2.05, 4.69) is 5.32 Å². The highest BCUT2D eigenvalue weighted by molar-refractivity contribution is 6.07. The Kier molecular flexibility index (Phi) is 3.16. The molecule has 2 aliphatic rings. The molecule has 0 bridgehead atoms. The Balaban J connectivity index is 1.77. The van der Waals surface area contributed by atoms with Crippen molar-refractivity contribution in [1.82, 2.24) is 10.2 Å². The van der Waals surface area contributed by atoms with E-state index in [1.54, 1.807) is 24.3 Å². The van der Waals surface area contributed by atoms with E-state index < -0.39 is 11.4 Å². The zero-order chi connectivity index (χ0) is 15.0. The number of nitrogens with zero attached hydrogens (tertiary/aromatic N) is 1. The standard InChI is InChI=1S/C15H17N3O3/c16-12(19)11-5-3-10(4-6-11)9-18-13(20)15(17-14(18)21)7-1-2-8-15/h3-6H,1-2,7-9H2,(H2,16,19)(H,17,21). The molecule has 3 N–H and O–H groups in total. The number of hydrogen-bond donors (Lipinski definition) is 2. The number of urea groups is 1. The summed E-state index contributed by atoms with van der Waals surface area (Å²) in [5.74, 6) is -0.634. The number of nitrogens with one attached hydrogen (secondary N) is 1. The molecule has 4 amide bonds. The number of carbonyl (C=O) groups is 3. The topological polar surface area (TPSA) is 92.5 Å². The second-order valence-corrected chi connectivity index (χ2v) is 5.67. The fourth-order valence-corrected chi connectivity index (χ4v) is 3.09. The molecular weight excluding hydrogens is 270 g/mol. The molecule has 3 rings (SSSR count). The molecule has 0 atom stereocenters. The van der Waals surface area contributed by atoms with Gasteiger partial charge < -0.3 is 11.1 Å². The average molecular weight is 287 g/mol. The Bertz CT molecular complexity index is 603. The van der Waals surface area contributed by atoms with E-state index in [0.717, 1.165) is 18.4 Å². The highest BCUT2D eigenvalue weighted by Crippen LogP contribution is 2.35. The molecule has 21 heavy (non-hydrogen) atoms. The number of nitrogens with two attached hydrogens (primary N) is 1. The van der Waals surface area contributed by atoms with Gasteiger partial charge in [-0.25, -0.2) is 4.79 Å². The lowest BCUT2D eigenvalue weighted by Crippen LogP contribution is -2.44. The van der Waals surface area contributed by atoms with Gasteiger partial charge in [-0.05, 0) is 30.5 Å². The molecule has 1 spiro atoms. The van der Waals surface area contributed by atoms with Gasteiger partial charge in [0.15, 0.2) is 0 Å². The lowest BCUT2D eigenvalue weighted by atomic mass is 9.98. The van der Waals surface area contributed by atoms with E-state index in [1.807, 2.05) is 0 Å². The van der Waals surface area contributed by atoms with Gasteiger partial charge in [-0.2, -0.15) is 0 Å². The first-order valence-corrected chi connectivity index (χ1v) is 7.05. The summed E-state index contributed by atoms with van der Waals surface area (Å²) in [4.78, 5) is 36.8. The van der Waals surface area contributed by atoms with Crippen LogP contribution in [0.15, 0.2) is 24.3 Å². The van der Waals surface area contributed by atoms with Gasteiger partial charge in [-0.1, -0.05) is 25.0 Å². The van der Waals surface area contributed by atoms with Crippen LogP contribution in [0.3, 0.4) is 0 Å². The van der Waals surface area contributed by atoms with Crippen LogP contribution in [0.2, 0.25) is 0 Å². The summed E-state index contributed by atoms with van der Waals surface area (Å²) >= 11 is 0. The Morgan fingerprint density at radius 2 is 1.81 bits per heavy atom. The fraction of sp³-hybridized carbons (Fsp3) is 0.400. The molecule has 6 heteroatoms. The normalized spacial score (nSPS) is 20.1. The summed E-state index contributed by atoms with van der Waals surface area (Å²) in [5, 5.41) is 2.84. The minimum atomic E-state index is -0.676. The number of benzene rings is 1. The number of rotatable bonds is 3. The van der Waals surface area contributed by atoms with Crippen molar-refractivity contribution in [1.29, 1.82) is 0 Å². The van der Waals surface area contributed by atoms with E-state index in [9.17, 15) is 14.4 Å². The molecule has 0 radical (unpaired) electrons. The molecule has 1 aromatic carbocycles. The molecule has 1 aromatic rings. The minimum absolute atomic E-state index is 0.135. The Morgan fingerprint density at radius 1 is 1.19 bits per heavy atom. The van der Waals surface area contributed by atoms with E-state index in [4.69, 9.17) is 5.73 Å². The average Bonchev–Trinajstić information content (AvgIpc) is 3.01. The van der Waals surface area contributed by atoms with Gasteiger partial charge >= 0.3 is 6.03 Å². The van der Waals surface area contributed by atoms with Gasteiger partial charge in [0.05, 0.1) is 6.54 Å². The van der Waals surface area contributed by atoms with Crippen molar-refractivity contribution < 1.29 is 14.4 Å². The van der Waals surface area contributed by atoms with Crippen molar-refractivity contribution in [2.75, 3.05) is 0 Å². The molecule has 110 valence electrons. The summed E-state index contributed by atoms with van der Waals surface area (Å²) in [5.41, 5.74) is 5.70. The number of carbonyl (C=O) groups excluding carboxylic acids is 3. The van der Waals surface area contributed by atoms with Crippen molar-refractivity contribution in [3.63, 3.8) is 0 Å². The largest absolute Gasteiger partial charge is 0.366 e. The maximum absolute atomic E-state index is 12.5. The van der Waals surface area contributed by atoms with Gasteiger partial charge in [0, 0.05) is 5.56 Å². The van der Waals surface area contributed by atoms with Gasteiger partial charge in [0.2, 0.25) is 5.91 Å². The van der Waals surface area contributed by atoms with Crippen molar-refractivity contribution in [3.05, 3.63) is 35.4 Å². The zero-order valence-corrected chi connectivity index (χ0v) is 11.6. The number of imide groups is 1. The molecule has 1 aliphatic carbocycles. The Hall–Kier alpha value is -2.37. The third kappa shape index (κ3) is 2.26. The fourth-order valence-electron chi connectivity index (χ4n) is 3.09. The first-order valence-electron chi connectivity index (χ1n) is 7.05. The van der Waals surface area contributed by atoms with Crippen LogP contribution in [0.4, 0.5) is 4.79 Å². The number of hydrogen-bond acceptors (Lipinski definition) is 3. The lowest BCUT2D eigenvalue weighted by molar-refractivity contribution is -0.131. The molecule has 2 fully saturated rings. The quantitative estimate of drug-likeness (QED) is 0.817. The van der Waals surface area contributed by atoms with Gasteiger partial charge in [-0.3, -0.25) is 14.5 Å². The van der Waals surface area contributed by atoms with Crippen LogP contribution in [0.1, 0.15) is 41.6 Å². The third-order valence-corrected chi connectivity index (χ3v) is 4.28. The molecule has 0 aromatic heterocycles. The van der Waals surface area contributed by atoms with Crippen LogP contribution in [0.5, 0.6) is 0 Å². The maximum atomic E-state index is 12.5. The SMILES string of the molecule is NC(=O)c1ccc(CN2C(=O)NC3(CCCC3)C2=O)cc1. The van der Waals surface area contributed by atoms with Crippen molar-refractivity contribution in [2.24, 2.45) is 5.73 Å². The summed E-state index contributed by atoms with van der Waals surface area (Å²) < 4.78 is 0. The zero-order valence-electron chi connectivity index (χ0n) is 11.6. The molecule has 1 heterocycles. The molecule has 1 aliphatic heterocycles. The van der Waals surface area contributed by atoms with Crippen LogP contribution in [0.25, 0.3) is 0 Å². The summed E-state index contributed by atoms with van der Waals surface area (Å²) in [7, 11) is 0. The van der Waals surface area contributed by atoms with Crippen LogP contribution in [-0.4, -0.2) is 28.3 Å². The van der Waals surface area contributed by atoms with E-state index in [0.29, 0.717) is 18.4 Å². The molecule has 1 saturated heterocycles. The van der Waals surface area contributed by atoms with E-state index >= 15 is 0 Å². The predicted octanol–water partition coefficient (Wildman–Crippen LogP) is 1.15. The van der Waals surface area contributed by atoms with Gasteiger partial charge in [-0.15, -0.1) is 0 Å².